The number of amides is 1. The summed E-state index contributed by atoms with van der Waals surface area (Å²) in [4.78, 5) is 13.6. The highest BCUT2D eigenvalue weighted by atomic mass is 16.6. The summed E-state index contributed by atoms with van der Waals surface area (Å²) in [6.45, 7) is 3.63. The molecule has 1 atom stereocenters. The van der Waals surface area contributed by atoms with Crippen molar-refractivity contribution in [3.05, 3.63) is 29.4 Å². The third-order valence-corrected chi connectivity index (χ3v) is 2.93. The maximum Gasteiger partial charge on any atom is 0.229 e. The SMILES string of the molecule is Cc1nonc1CC(=O)N(C)[C@@H](C)c1ccon1. The van der Waals surface area contributed by atoms with Crippen LogP contribution in [0, 0.1) is 6.92 Å². The van der Waals surface area contributed by atoms with E-state index in [0.717, 1.165) is 0 Å². The van der Waals surface area contributed by atoms with Crippen molar-refractivity contribution < 1.29 is 13.9 Å². The number of nitrogens with zero attached hydrogens (tertiary/aromatic N) is 4. The fourth-order valence-electron chi connectivity index (χ4n) is 1.53. The molecule has 0 aliphatic heterocycles. The summed E-state index contributed by atoms with van der Waals surface area (Å²) < 4.78 is 9.33. The molecule has 0 aliphatic carbocycles. The summed E-state index contributed by atoms with van der Waals surface area (Å²) in [7, 11) is 1.71. The standard InChI is InChI=1S/C11H14N4O3/c1-7-10(14-18-12-7)6-11(16)15(3)8(2)9-4-5-17-13-9/h4-5,8H,6H2,1-3H3/t8-/m0/s1. The molecular formula is C11H14N4O3. The first kappa shape index (κ1) is 12.3. The van der Waals surface area contributed by atoms with Crippen LogP contribution in [0.3, 0.4) is 0 Å². The van der Waals surface area contributed by atoms with Gasteiger partial charge in [0.05, 0.1) is 12.5 Å². The van der Waals surface area contributed by atoms with E-state index >= 15 is 0 Å². The van der Waals surface area contributed by atoms with E-state index in [1.54, 1.807) is 24.9 Å². The molecule has 7 heteroatoms. The third-order valence-electron chi connectivity index (χ3n) is 2.93. The van der Waals surface area contributed by atoms with E-state index in [9.17, 15) is 4.79 Å². The Bertz CT molecular complexity index is 520. The first-order chi connectivity index (χ1) is 8.59. The van der Waals surface area contributed by atoms with Crippen LogP contribution in [0.25, 0.3) is 0 Å². The van der Waals surface area contributed by atoms with Gasteiger partial charge in [0.2, 0.25) is 5.91 Å². The van der Waals surface area contributed by atoms with Gasteiger partial charge < -0.3 is 9.42 Å². The molecular weight excluding hydrogens is 236 g/mol. The van der Waals surface area contributed by atoms with Crippen LogP contribution in [0.2, 0.25) is 0 Å². The Morgan fingerprint density at radius 1 is 1.44 bits per heavy atom. The number of likely N-dealkylation sites (N-methyl/N-ethyl adjacent to an activating group) is 1. The van der Waals surface area contributed by atoms with Crippen LogP contribution in [0.1, 0.15) is 30.0 Å². The van der Waals surface area contributed by atoms with Gasteiger partial charge in [-0.25, -0.2) is 4.63 Å². The van der Waals surface area contributed by atoms with Gasteiger partial charge in [-0.1, -0.05) is 15.5 Å². The number of rotatable bonds is 4. The average molecular weight is 250 g/mol. The first-order valence-electron chi connectivity index (χ1n) is 5.53. The number of aryl methyl sites for hydroxylation is 1. The summed E-state index contributed by atoms with van der Waals surface area (Å²) in [5, 5.41) is 11.2. The van der Waals surface area contributed by atoms with Gasteiger partial charge in [0.15, 0.2) is 0 Å². The number of aromatic nitrogens is 3. The van der Waals surface area contributed by atoms with Crippen molar-refractivity contribution in [1.29, 1.82) is 0 Å². The zero-order chi connectivity index (χ0) is 13.1. The molecule has 0 aliphatic rings. The lowest BCUT2D eigenvalue weighted by atomic mass is 10.2. The topological polar surface area (TPSA) is 85.3 Å². The molecule has 2 aromatic rings. The molecule has 2 aromatic heterocycles. The highest BCUT2D eigenvalue weighted by Gasteiger charge is 2.21. The molecule has 0 spiro atoms. The molecule has 18 heavy (non-hydrogen) atoms. The van der Waals surface area contributed by atoms with Crippen molar-refractivity contribution in [3.8, 4) is 0 Å². The highest BCUT2D eigenvalue weighted by molar-refractivity contribution is 5.78. The lowest BCUT2D eigenvalue weighted by Gasteiger charge is -2.22. The second kappa shape index (κ2) is 4.99. The summed E-state index contributed by atoms with van der Waals surface area (Å²) >= 11 is 0. The molecule has 2 rings (SSSR count). The number of hydrogen-bond acceptors (Lipinski definition) is 6. The highest BCUT2D eigenvalue weighted by Crippen LogP contribution is 2.17. The smallest absolute Gasteiger partial charge is 0.229 e. The van der Waals surface area contributed by atoms with Crippen molar-refractivity contribution in [3.63, 3.8) is 0 Å². The molecule has 0 aromatic carbocycles. The molecule has 0 unspecified atom stereocenters. The number of carbonyl (C=O) groups excluding carboxylic acids is 1. The lowest BCUT2D eigenvalue weighted by molar-refractivity contribution is -0.131. The molecule has 0 saturated heterocycles. The Morgan fingerprint density at radius 2 is 2.22 bits per heavy atom. The third kappa shape index (κ3) is 2.39. The zero-order valence-corrected chi connectivity index (χ0v) is 10.5. The van der Waals surface area contributed by atoms with E-state index in [1.165, 1.54) is 6.26 Å². The van der Waals surface area contributed by atoms with Gasteiger partial charge in [-0.2, -0.15) is 0 Å². The van der Waals surface area contributed by atoms with Crippen molar-refractivity contribution >= 4 is 5.91 Å². The van der Waals surface area contributed by atoms with Crippen molar-refractivity contribution in [2.75, 3.05) is 7.05 Å². The van der Waals surface area contributed by atoms with E-state index in [4.69, 9.17) is 4.52 Å². The predicted molar refractivity (Wildman–Crippen MR) is 60.4 cm³/mol. The van der Waals surface area contributed by atoms with Crippen molar-refractivity contribution in [2.45, 2.75) is 26.3 Å². The van der Waals surface area contributed by atoms with Crippen molar-refractivity contribution in [1.82, 2.24) is 20.4 Å². The Labute approximate surface area is 104 Å². The normalized spacial score (nSPS) is 12.4. The molecule has 2 heterocycles. The Balaban J connectivity index is 2.03. The van der Waals surface area contributed by atoms with Gasteiger partial charge in [0, 0.05) is 13.1 Å². The van der Waals surface area contributed by atoms with E-state index in [2.05, 4.69) is 20.1 Å². The lowest BCUT2D eigenvalue weighted by Crippen LogP contribution is -2.31. The second-order valence-electron chi connectivity index (χ2n) is 4.08. The Hall–Kier alpha value is -2.18. The van der Waals surface area contributed by atoms with Gasteiger partial charge in [-0.3, -0.25) is 4.79 Å². The summed E-state index contributed by atoms with van der Waals surface area (Å²) in [5.41, 5.74) is 1.89. The summed E-state index contributed by atoms with van der Waals surface area (Å²) in [6, 6.07) is 1.58. The zero-order valence-electron chi connectivity index (χ0n) is 10.5. The van der Waals surface area contributed by atoms with Crippen LogP contribution in [-0.2, 0) is 11.2 Å². The van der Waals surface area contributed by atoms with Gasteiger partial charge in [-0.15, -0.1) is 0 Å². The molecule has 0 saturated carbocycles. The Kier molecular flexibility index (Phi) is 3.40. The summed E-state index contributed by atoms with van der Waals surface area (Å²) in [5.74, 6) is -0.0794. The van der Waals surface area contributed by atoms with Crippen LogP contribution in [-0.4, -0.2) is 33.3 Å². The largest absolute Gasteiger partial charge is 0.364 e. The monoisotopic (exact) mass is 250 g/mol. The minimum absolute atomic E-state index is 0.0794. The minimum atomic E-state index is -0.156. The van der Waals surface area contributed by atoms with Crippen LogP contribution >= 0.6 is 0 Å². The van der Waals surface area contributed by atoms with Crippen LogP contribution in [0.5, 0.6) is 0 Å². The predicted octanol–water partition coefficient (Wildman–Crippen LogP) is 1.13. The number of hydrogen-bond donors (Lipinski definition) is 0. The van der Waals surface area contributed by atoms with E-state index < -0.39 is 0 Å². The molecule has 0 bridgehead atoms. The molecule has 0 N–H and O–H groups in total. The molecule has 0 fully saturated rings. The fraction of sp³-hybridized carbons (Fsp3) is 0.455. The van der Waals surface area contributed by atoms with E-state index in [-0.39, 0.29) is 18.4 Å². The van der Waals surface area contributed by atoms with Crippen LogP contribution in [0.4, 0.5) is 0 Å². The molecule has 1 amide bonds. The van der Waals surface area contributed by atoms with Gasteiger partial charge in [0.1, 0.15) is 23.3 Å². The van der Waals surface area contributed by atoms with Crippen molar-refractivity contribution in [2.24, 2.45) is 0 Å². The van der Waals surface area contributed by atoms with Crippen LogP contribution in [0.15, 0.2) is 21.5 Å². The minimum Gasteiger partial charge on any atom is -0.364 e. The maximum atomic E-state index is 12.1. The second-order valence-corrected chi connectivity index (χ2v) is 4.08. The quantitative estimate of drug-likeness (QED) is 0.808. The van der Waals surface area contributed by atoms with E-state index in [0.29, 0.717) is 17.1 Å². The number of carbonyl (C=O) groups is 1. The van der Waals surface area contributed by atoms with Gasteiger partial charge in [0.25, 0.3) is 0 Å². The fourth-order valence-corrected chi connectivity index (χ4v) is 1.53. The van der Waals surface area contributed by atoms with Gasteiger partial charge in [-0.05, 0) is 13.8 Å². The maximum absolute atomic E-state index is 12.1. The molecule has 7 nitrogen and oxygen atoms in total. The van der Waals surface area contributed by atoms with E-state index in [1.807, 2.05) is 6.92 Å². The average Bonchev–Trinajstić information content (AvgIpc) is 3.00. The summed E-state index contributed by atoms with van der Waals surface area (Å²) in [6.07, 6.45) is 1.64. The molecule has 96 valence electrons. The first-order valence-corrected chi connectivity index (χ1v) is 5.53. The molecule has 0 radical (unpaired) electrons. The van der Waals surface area contributed by atoms with Crippen LogP contribution < -0.4 is 0 Å². The Morgan fingerprint density at radius 3 is 2.78 bits per heavy atom. The van der Waals surface area contributed by atoms with Gasteiger partial charge >= 0.3 is 0 Å².